The summed E-state index contributed by atoms with van der Waals surface area (Å²) in [5.74, 6) is -1.30. The van der Waals surface area contributed by atoms with Gasteiger partial charge in [-0.1, -0.05) is 13.0 Å². The lowest BCUT2D eigenvalue weighted by Gasteiger charge is -2.13. The van der Waals surface area contributed by atoms with Gasteiger partial charge in [0, 0.05) is 5.69 Å². The van der Waals surface area contributed by atoms with Crippen molar-refractivity contribution >= 4 is 33.5 Å². The Labute approximate surface area is 107 Å². The molecule has 0 saturated carbocycles. The molecule has 1 amide bonds. The van der Waals surface area contributed by atoms with Crippen LogP contribution in [0, 0.1) is 0 Å². The number of halogens is 1. The fourth-order valence-electron chi connectivity index (χ4n) is 1.24. The van der Waals surface area contributed by atoms with E-state index in [1.165, 1.54) is 0 Å². The predicted octanol–water partition coefficient (Wildman–Crippen LogP) is 1.45. The van der Waals surface area contributed by atoms with Gasteiger partial charge < -0.3 is 16.2 Å². The summed E-state index contributed by atoms with van der Waals surface area (Å²) in [6.07, 6.45) is -0.586. The average molecular weight is 301 g/mol. The lowest BCUT2D eigenvalue weighted by molar-refractivity contribution is -0.126. The summed E-state index contributed by atoms with van der Waals surface area (Å²) in [5, 5.41) is 0. The number of hydrogen-bond acceptors (Lipinski definition) is 4. The first kappa shape index (κ1) is 13.5. The summed E-state index contributed by atoms with van der Waals surface area (Å²) >= 11 is 3.19. The molecule has 92 valence electrons. The number of rotatable bonds is 4. The Hall–Kier alpha value is -1.56. The Bertz CT molecular complexity index is 448. The van der Waals surface area contributed by atoms with E-state index >= 15 is 0 Å². The van der Waals surface area contributed by atoms with E-state index in [4.69, 9.17) is 16.2 Å². The lowest BCUT2D eigenvalue weighted by Crippen LogP contribution is -2.32. The number of benzene rings is 1. The molecule has 1 rings (SSSR count). The molecule has 4 N–H and O–H groups in total. The zero-order valence-corrected chi connectivity index (χ0v) is 10.9. The normalized spacial score (nSPS) is 11.9. The minimum absolute atomic E-state index is 0.268. The highest BCUT2D eigenvalue weighted by Gasteiger charge is 2.21. The molecule has 0 radical (unpaired) electrons. The highest BCUT2D eigenvalue weighted by molar-refractivity contribution is 9.10. The first-order valence-corrected chi connectivity index (χ1v) is 5.81. The van der Waals surface area contributed by atoms with Crippen LogP contribution in [0.4, 0.5) is 5.69 Å². The van der Waals surface area contributed by atoms with E-state index in [0.29, 0.717) is 16.6 Å². The SMILES string of the molecule is CCC(OC(=O)c1cccc(N)c1Br)C(N)=O. The quantitative estimate of drug-likeness (QED) is 0.650. The Morgan fingerprint density at radius 1 is 1.47 bits per heavy atom. The second-order valence-electron chi connectivity index (χ2n) is 3.41. The number of anilines is 1. The van der Waals surface area contributed by atoms with Crippen molar-refractivity contribution in [1.82, 2.24) is 0 Å². The van der Waals surface area contributed by atoms with Gasteiger partial charge in [-0.05, 0) is 34.5 Å². The third kappa shape index (κ3) is 3.20. The largest absolute Gasteiger partial charge is 0.449 e. The van der Waals surface area contributed by atoms with Crippen molar-refractivity contribution in [3.63, 3.8) is 0 Å². The Kier molecular flexibility index (Phi) is 4.51. The maximum Gasteiger partial charge on any atom is 0.340 e. The predicted molar refractivity (Wildman–Crippen MR) is 67.2 cm³/mol. The number of nitrogens with two attached hydrogens (primary N) is 2. The van der Waals surface area contributed by atoms with Gasteiger partial charge in [0.15, 0.2) is 6.10 Å². The zero-order valence-electron chi connectivity index (χ0n) is 9.27. The van der Waals surface area contributed by atoms with E-state index in [9.17, 15) is 9.59 Å². The van der Waals surface area contributed by atoms with Gasteiger partial charge in [0.25, 0.3) is 5.91 Å². The number of primary amides is 1. The standard InChI is InChI=1S/C11H13BrN2O3/c1-2-8(10(14)15)17-11(16)6-4-3-5-7(13)9(6)12/h3-5,8H,2,13H2,1H3,(H2,14,15). The number of esters is 1. The molecule has 1 atom stereocenters. The fourth-order valence-corrected chi connectivity index (χ4v) is 1.67. The van der Waals surface area contributed by atoms with E-state index in [1.54, 1.807) is 25.1 Å². The van der Waals surface area contributed by atoms with Gasteiger partial charge in [0.05, 0.1) is 10.0 Å². The number of carbonyl (C=O) groups excluding carboxylic acids is 2. The molecule has 0 aliphatic heterocycles. The van der Waals surface area contributed by atoms with Crippen molar-refractivity contribution in [2.24, 2.45) is 5.73 Å². The molecule has 0 saturated heterocycles. The highest BCUT2D eigenvalue weighted by Crippen LogP contribution is 2.24. The zero-order chi connectivity index (χ0) is 13.0. The Balaban J connectivity index is 2.90. The number of nitrogen functional groups attached to an aromatic ring is 1. The smallest absolute Gasteiger partial charge is 0.340 e. The monoisotopic (exact) mass is 300 g/mol. The molecular formula is C11H13BrN2O3. The second kappa shape index (κ2) is 5.67. The maximum absolute atomic E-state index is 11.8. The Morgan fingerprint density at radius 2 is 2.12 bits per heavy atom. The van der Waals surface area contributed by atoms with Gasteiger partial charge in [0.1, 0.15) is 0 Å². The molecule has 0 aromatic heterocycles. The van der Waals surface area contributed by atoms with Gasteiger partial charge in [-0.3, -0.25) is 4.79 Å². The summed E-state index contributed by atoms with van der Waals surface area (Å²) in [6, 6.07) is 4.82. The van der Waals surface area contributed by atoms with Crippen molar-refractivity contribution in [2.45, 2.75) is 19.4 Å². The van der Waals surface area contributed by atoms with Gasteiger partial charge in [0.2, 0.25) is 0 Å². The van der Waals surface area contributed by atoms with Gasteiger partial charge in [-0.15, -0.1) is 0 Å². The highest BCUT2D eigenvalue weighted by atomic mass is 79.9. The van der Waals surface area contributed by atoms with E-state index < -0.39 is 18.0 Å². The summed E-state index contributed by atoms with van der Waals surface area (Å²) in [6.45, 7) is 1.71. The van der Waals surface area contributed by atoms with Crippen LogP contribution in [0.25, 0.3) is 0 Å². The van der Waals surface area contributed by atoms with Crippen molar-refractivity contribution in [3.8, 4) is 0 Å². The van der Waals surface area contributed by atoms with Crippen molar-refractivity contribution in [1.29, 1.82) is 0 Å². The maximum atomic E-state index is 11.8. The molecule has 0 heterocycles. The van der Waals surface area contributed by atoms with Crippen LogP contribution >= 0.6 is 15.9 Å². The molecule has 0 aliphatic rings. The number of hydrogen-bond donors (Lipinski definition) is 2. The minimum atomic E-state index is -0.921. The van der Waals surface area contributed by atoms with E-state index in [1.807, 2.05) is 0 Å². The molecule has 0 bridgehead atoms. The van der Waals surface area contributed by atoms with Crippen LogP contribution < -0.4 is 11.5 Å². The van der Waals surface area contributed by atoms with Crippen LogP contribution in [0.5, 0.6) is 0 Å². The third-order valence-electron chi connectivity index (χ3n) is 2.19. The molecule has 0 fully saturated rings. The van der Waals surface area contributed by atoms with Crippen molar-refractivity contribution in [3.05, 3.63) is 28.2 Å². The molecule has 0 aliphatic carbocycles. The van der Waals surface area contributed by atoms with Gasteiger partial charge in [-0.2, -0.15) is 0 Å². The van der Waals surface area contributed by atoms with Crippen LogP contribution in [-0.4, -0.2) is 18.0 Å². The molecular weight excluding hydrogens is 288 g/mol. The van der Waals surface area contributed by atoms with Crippen molar-refractivity contribution in [2.75, 3.05) is 5.73 Å². The van der Waals surface area contributed by atoms with E-state index in [0.717, 1.165) is 0 Å². The van der Waals surface area contributed by atoms with Crippen LogP contribution in [0.1, 0.15) is 23.7 Å². The summed E-state index contributed by atoms with van der Waals surface area (Å²) in [7, 11) is 0. The molecule has 1 unspecified atom stereocenters. The van der Waals surface area contributed by atoms with E-state index in [-0.39, 0.29) is 5.56 Å². The molecule has 0 spiro atoms. The molecule has 17 heavy (non-hydrogen) atoms. The molecule has 5 nitrogen and oxygen atoms in total. The van der Waals surface area contributed by atoms with Crippen LogP contribution in [0.15, 0.2) is 22.7 Å². The Morgan fingerprint density at radius 3 is 2.65 bits per heavy atom. The van der Waals surface area contributed by atoms with Crippen LogP contribution in [-0.2, 0) is 9.53 Å². The van der Waals surface area contributed by atoms with Crippen molar-refractivity contribution < 1.29 is 14.3 Å². The summed E-state index contributed by atoms with van der Waals surface area (Å²) < 4.78 is 5.43. The molecule has 1 aromatic rings. The summed E-state index contributed by atoms with van der Waals surface area (Å²) in [4.78, 5) is 22.7. The first-order chi connectivity index (χ1) is 7.97. The van der Waals surface area contributed by atoms with E-state index in [2.05, 4.69) is 15.9 Å². The van der Waals surface area contributed by atoms with Gasteiger partial charge in [-0.25, -0.2) is 4.79 Å². The second-order valence-corrected chi connectivity index (χ2v) is 4.21. The van der Waals surface area contributed by atoms with Gasteiger partial charge >= 0.3 is 5.97 Å². The number of ether oxygens (including phenoxy) is 1. The third-order valence-corrected chi connectivity index (χ3v) is 3.07. The first-order valence-electron chi connectivity index (χ1n) is 5.01. The number of carbonyl (C=O) groups is 2. The lowest BCUT2D eigenvalue weighted by atomic mass is 10.2. The minimum Gasteiger partial charge on any atom is -0.449 e. The molecule has 1 aromatic carbocycles. The average Bonchev–Trinajstić information content (AvgIpc) is 2.28. The van der Waals surface area contributed by atoms with Crippen LogP contribution in [0.3, 0.4) is 0 Å². The summed E-state index contributed by atoms with van der Waals surface area (Å²) in [5.41, 5.74) is 11.4. The molecule has 6 heteroatoms. The topological polar surface area (TPSA) is 95.4 Å². The fraction of sp³-hybridized carbons (Fsp3) is 0.273. The van der Waals surface area contributed by atoms with Crippen LogP contribution in [0.2, 0.25) is 0 Å². The number of amides is 1.